The van der Waals surface area contributed by atoms with Crippen molar-refractivity contribution in [3.8, 4) is 0 Å². The van der Waals surface area contributed by atoms with Crippen LogP contribution in [0.3, 0.4) is 0 Å². The maximum absolute atomic E-state index is 13.3. The number of aryl methyl sites for hydroxylation is 1. The Hall–Kier alpha value is -4.15. The molecule has 1 amide bonds. The number of amides is 1. The highest BCUT2D eigenvalue weighted by Gasteiger charge is 2.16. The molecule has 0 bridgehead atoms. The van der Waals surface area contributed by atoms with E-state index in [2.05, 4.69) is 10.3 Å². The van der Waals surface area contributed by atoms with Crippen molar-refractivity contribution >= 4 is 34.2 Å². The molecule has 0 aliphatic carbocycles. The van der Waals surface area contributed by atoms with E-state index in [1.807, 2.05) is 13.0 Å². The van der Waals surface area contributed by atoms with Gasteiger partial charge < -0.3 is 10.1 Å². The molecular weight excluding hydrogens is 399 g/mol. The lowest BCUT2D eigenvalue weighted by Crippen LogP contribution is -2.28. The number of ether oxygens (including phenoxy) is 1. The molecule has 11 heteroatoms. The molecule has 30 heavy (non-hydrogen) atoms. The summed E-state index contributed by atoms with van der Waals surface area (Å²) in [5.74, 6) is -2.69. The van der Waals surface area contributed by atoms with Crippen molar-refractivity contribution in [1.29, 1.82) is 0 Å². The van der Waals surface area contributed by atoms with Crippen molar-refractivity contribution in [3.63, 3.8) is 0 Å². The Morgan fingerprint density at radius 1 is 1.30 bits per heavy atom. The highest BCUT2D eigenvalue weighted by Crippen LogP contribution is 2.21. The lowest BCUT2D eigenvalue weighted by Gasteiger charge is -2.09. The number of halogens is 1. The third-order valence-corrected chi connectivity index (χ3v) is 4.15. The lowest BCUT2D eigenvalue weighted by atomic mass is 10.1. The average Bonchev–Trinajstić information content (AvgIpc) is 2.70. The second-order valence-electron chi connectivity index (χ2n) is 6.28. The predicted molar refractivity (Wildman–Crippen MR) is 103 cm³/mol. The van der Waals surface area contributed by atoms with Gasteiger partial charge in [-0.2, -0.15) is 4.39 Å². The zero-order valence-electron chi connectivity index (χ0n) is 15.6. The fourth-order valence-corrected chi connectivity index (χ4v) is 2.71. The van der Waals surface area contributed by atoms with Crippen molar-refractivity contribution in [3.05, 3.63) is 74.6 Å². The number of aromatic nitrogens is 2. The fraction of sp³-hybridized carbons (Fsp3) is 0.158. The Balaban J connectivity index is 1.61. The fourth-order valence-electron chi connectivity index (χ4n) is 2.71. The first-order valence-corrected chi connectivity index (χ1v) is 8.60. The number of esters is 1. The molecule has 0 saturated heterocycles. The molecule has 1 aromatic heterocycles. The molecule has 0 unspecified atom stereocenters. The van der Waals surface area contributed by atoms with Crippen molar-refractivity contribution < 1.29 is 23.6 Å². The van der Waals surface area contributed by atoms with Gasteiger partial charge in [0.15, 0.2) is 6.61 Å². The molecule has 10 nitrogen and oxygen atoms in total. The van der Waals surface area contributed by atoms with Gasteiger partial charge in [0.05, 0.1) is 22.2 Å². The van der Waals surface area contributed by atoms with Crippen LogP contribution in [0.1, 0.15) is 5.56 Å². The highest BCUT2D eigenvalue weighted by molar-refractivity contribution is 5.93. The third kappa shape index (κ3) is 4.46. The summed E-state index contributed by atoms with van der Waals surface area (Å²) in [4.78, 5) is 50.3. The number of para-hydroxylation sites is 1. The van der Waals surface area contributed by atoms with Crippen LogP contribution < -0.4 is 10.9 Å². The van der Waals surface area contributed by atoms with Crippen LogP contribution >= 0.6 is 0 Å². The van der Waals surface area contributed by atoms with E-state index in [9.17, 15) is 28.9 Å². The van der Waals surface area contributed by atoms with Crippen LogP contribution in [0, 0.1) is 22.9 Å². The highest BCUT2D eigenvalue weighted by atomic mass is 19.1. The average molecular weight is 414 g/mol. The molecule has 3 aromatic rings. The molecule has 3 rings (SSSR count). The summed E-state index contributed by atoms with van der Waals surface area (Å²) in [6, 6.07) is 7.91. The minimum atomic E-state index is -1.05. The number of hydrogen-bond acceptors (Lipinski definition) is 7. The molecule has 0 fully saturated rings. The first kappa shape index (κ1) is 20.6. The molecule has 0 aliphatic heterocycles. The minimum Gasteiger partial charge on any atom is -0.454 e. The number of nitrogens with one attached hydrogen (secondary N) is 1. The van der Waals surface area contributed by atoms with Crippen LogP contribution in [0.25, 0.3) is 10.9 Å². The number of nitro benzene ring substituents is 1. The third-order valence-electron chi connectivity index (χ3n) is 4.15. The van der Waals surface area contributed by atoms with E-state index in [4.69, 9.17) is 4.74 Å². The number of fused-ring (bicyclic) bond motifs is 1. The topological polar surface area (TPSA) is 133 Å². The van der Waals surface area contributed by atoms with Gasteiger partial charge in [-0.15, -0.1) is 0 Å². The second kappa shape index (κ2) is 8.47. The molecule has 0 saturated carbocycles. The Morgan fingerprint density at radius 3 is 2.80 bits per heavy atom. The normalized spacial score (nSPS) is 10.6. The van der Waals surface area contributed by atoms with E-state index in [1.165, 1.54) is 6.33 Å². The van der Waals surface area contributed by atoms with Crippen LogP contribution in [0.5, 0.6) is 0 Å². The maximum atomic E-state index is 13.3. The van der Waals surface area contributed by atoms with E-state index < -0.39 is 47.0 Å². The predicted octanol–water partition coefficient (Wildman–Crippen LogP) is 1.93. The van der Waals surface area contributed by atoms with Crippen molar-refractivity contribution in [1.82, 2.24) is 9.55 Å². The number of benzene rings is 2. The number of anilines is 1. The maximum Gasteiger partial charge on any atom is 0.326 e. The molecule has 0 atom stereocenters. The van der Waals surface area contributed by atoms with E-state index in [-0.39, 0.29) is 5.69 Å². The summed E-state index contributed by atoms with van der Waals surface area (Å²) in [6.45, 7) is 0.658. The van der Waals surface area contributed by atoms with Crippen LogP contribution in [0.2, 0.25) is 0 Å². The first-order valence-electron chi connectivity index (χ1n) is 8.60. The molecular formula is C19H15FN4O6. The van der Waals surface area contributed by atoms with Gasteiger partial charge in [-0.25, -0.2) is 4.98 Å². The number of nitro groups is 1. The Labute approximate surface area is 168 Å². The van der Waals surface area contributed by atoms with Gasteiger partial charge in [-0.1, -0.05) is 12.1 Å². The van der Waals surface area contributed by atoms with E-state index in [0.29, 0.717) is 10.9 Å². The van der Waals surface area contributed by atoms with Gasteiger partial charge in [0.2, 0.25) is 5.82 Å². The summed E-state index contributed by atoms with van der Waals surface area (Å²) < 4.78 is 19.2. The minimum absolute atomic E-state index is 0.0329. The van der Waals surface area contributed by atoms with Gasteiger partial charge in [0.1, 0.15) is 6.54 Å². The monoisotopic (exact) mass is 414 g/mol. The van der Waals surface area contributed by atoms with Gasteiger partial charge >= 0.3 is 11.7 Å². The molecule has 1 N–H and O–H groups in total. The van der Waals surface area contributed by atoms with Gasteiger partial charge in [0, 0.05) is 11.8 Å². The first-order chi connectivity index (χ1) is 14.3. The zero-order valence-corrected chi connectivity index (χ0v) is 15.6. The van der Waals surface area contributed by atoms with Gasteiger partial charge in [-0.05, 0) is 30.7 Å². The van der Waals surface area contributed by atoms with Crippen LogP contribution in [-0.4, -0.2) is 33.0 Å². The summed E-state index contributed by atoms with van der Waals surface area (Å²) >= 11 is 0. The summed E-state index contributed by atoms with van der Waals surface area (Å²) in [6.07, 6.45) is 1.22. The van der Waals surface area contributed by atoms with Gasteiger partial charge in [-0.3, -0.25) is 29.1 Å². The Morgan fingerprint density at radius 2 is 2.07 bits per heavy atom. The Kier molecular flexibility index (Phi) is 5.81. The standard InChI is InChI=1S/C19H15FN4O6/c1-11-3-2-4-13-18(11)21-10-23(19(13)27)8-17(26)30-9-16(25)22-12-5-6-14(20)15(7-12)24(28)29/h2-7,10H,8-9H2,1H3,(H,22,25). The molecule has 1 heterocycles. The quantitative estimate of drug-likeness (QED) is 0.370. The molecule has 2 aromatic carbocycles. The summed E-state index contributed by atoms with van der Waals surface area (Å²) in [5.41, 5.74) is 0.0818. The number of hydrogen-bond donors (Lipinski definition) is 1. The van der Waals surface area contributed by atoms with E-state index >= 15 is 0 Å². The summed E-state index contributed by atoms with van der Waals surface area (Å²) in [5, 5.41) is 13.3. The van der Waals surface area contributed by atoms with Crippen LogP contribution in [-0.2, 0) is 20.9 Å². The number of carbonyl (C=O) groups is 2. The molecule has 0 aliphatic rings. The lowest BCUT2D eigenvalue weighted by molar-refractivity contribution is -0.387. The number of rotatable bonds is 6. The number of carbonyl (C=O) groups excluding carboxylic acids is 2. The molecule has 0 spiro atoms. The van der Waals surface area contributed by atoms with E-state index in [0.717, 1.165) is 28.3 Å². The molecule has 154 valence electrons. The second-order valence-corrected chi connectivity index (χ2v) is 6.28. The van der Waals surface area contributed by atoms with E-state index in [1.54, 1.807) is 12.1 Å². The number of nitrogens with zero attached hydrogens (tertiary/aromatic N) is 3. The smallest absolute Gasteiger partial charge is 0.326 e. The van der Waals surface area contributed by atoms with Crippen molar-refractivity contribution in [2.45, 2.75) is 13.5 Å². The largest absolute Gasteiger partial charge is 0.454 e. The van der Waals surface area contributed by atoms with Crippen molar-refractivity contribution in [2.75, 3.05) is 11.9 Å². The Bertz CT molecular complexity index is 1220. The summed E-state index contributed by atoms with van der Waals surface area (Å²) in [7, 11) is 0. The van der Waals surface area contributed by atoms with Crippen molar-refractivity contribution in [2.24, 2.45) is 0 Å². The zero-order chi connectivity index (χ0) is 21.8. The van der Waals surface area contributed by atoms with Crippen LogP contribution in [0.15, 0.2) is 47.5 Å². The SMILES string of the molecule is Cc1cccc2c(=O)n(CC(=O)OCC(=O)Nc3ccc(F)c([N+](=O)[O-])c3)cnc12. The van der Waals surface area contributed by atoms with Crippen LogP contribution in [0.4, 0.5) is 15.8 Å². The molecule has 0 radical (unpaired) electrons. The van der Waals surface area contributed by atoms with Gasteiger partial charge in [0.25, 0.3) is 11.5 Å².